The van der Waals surface area contributed by atoms with E-state index in [0.29, 0.717) is 0 Å². The maximum absolute atomic E-state index is 2.49. The molecule has 10 rings (SSSR count). The molecule has 3 aliphatic carbocycles. The van der Waals surface area contributed by atoms with Gasteiger partial charge in [-0.05, 0) is 114 Å². The van der Waals surface area contributed by atoms with Gasteiger partial charge in [0, 0.05) is 33.3 Å². The van der Waals surface area contributed by atoms with E-state index in [-0.39, 0.29) is 16.2 Å². The van der Waals surface area contributed by atoms with Crippen molar-refractivity contribution in [1.29, 1.82) is 0 Å². The highest BCUT2D eigenvalue weighted by molar-refractivity contribution is 6.00. The van der Waals surface area contributed by atoms with Crippen molar-refractivity contribution in [3.63, 3.8) is 0 Å². The van der Waals surface area contributed by atoms with Gasteiger partial charge >= 0.3 is 0 Å². The molecule has 3 aliphatic rings. The highest BCUT2D eigenvalue weighted by Crippen LogP contribution is 2.55. The van der Waals surface area contributed by atoms with Gasteiger partial charge in [-0.15, -0.1) is 0 Å². The molecule has 0 aliphatic heterocycles. The van der Waals surface area contributed by atoms with E-state index in [4.69, 9.17) is 0 Å². The Morgan fingerprint density at radius 3 is 1.28 bits per heavy atom. The molecule has 50 heavy (non-hydrogen) atoms. The quantitative estimate of drug-likeness (QED) is 0.185. The summed E-state index contributed by atoms with van der Waals surface area (Å²) in [6.07, 6.45) is 0. The van der Waals surface area contributed by atoms with Crippen LogP contribution in [0.1, 0.15) is 74.9 Å². The Kier molecular flexibility index (Phi) is 5.82. The first-order valence-corrected chi connectivity index (χ1v) is 18.0. The topological polar surface area (TPSA) is 3.24 Å². The first-order valence-electron chi connectivity index (χ1n) is 18.0. The zero-order chi connectivity index (χ0) is 34.2. The molecule has 0 atom stereocenters. The summed E-state index contributed by atoms with van der Waals surface area (Å²) in [5.74, 6) is 0. The van der Waals surface area contributed by atoms with Crippen molar-refractivity contribution in [2.45, 2.75) is 57.8 Å². The van der Waals surface area contributed by atoms with Crippen molar-refractivity contribution < 1.29 is 0 Å². The zero-order valence-corrected chi connectivity index (χ0v) is 29.7. The average Bonchev–Trinajstić information content (AvgIpc) is 3.61. The minimum absolute atomic E-state index is 0.0617. The second kappa shape index (κ2) is 9.86. The monoisotopic (exact) mass is 643 g/mol. The second-order valence-electron chi connectivity index (χ2n) is 16.2. The lowest BCUT2D eigenvalue weighted by atomic mass is 9.80. The number of benzene rings is 7. The maximum atomic E-state index is 2.49. The van der Waals surface area contributed by atoms with Crippen molar-refractivity contribution in [2.75, 3.05) is 4.90 Å². The van der Waals surface area contributed by atoms with E-state index >= 15 is 0 Å². The van der Waals surface area contributed by atoms with Gasteiger partial charge in [-0.2, -0.15) is 0 Å². The fourth-order valence-electron chi connectivity index (χ4n) is 9.86. The van der Waals surface area contributed by atoms with Crippen LogP contribution in [-0.2, 0) is 16.2 Å². The summed E-state index contributed by atoms with van der Waals surface area (Å²) in [5, 5.41) is 2.61. The second-order valence-corrected chi connectivity index (χ2v) is 16.2. The molecule has 1 heteroatoms. The standard InChI is InChI=1S/C49H41N/c1-47(2)41-16-10-7-13-35(41)38-25-21-32(28-44(38)47)50(33-22-26-39-36-14-8-11-17-42(36)48(3,4)45(39)29-33)31-20-24-34-30(27-31)19-23-40-37-15-9-12-18-43(37)49(5,6)46(34)40/h7-29H,1-6H3. The first-order chi connectivity index (χ1) is 24.1. The Bertz CT molecular complexity index is 2470. The van der Waals surface area contributed by atoms with Gasteiger partial charge in [0.2, 0.25) is 0 Å². The molecule has 0 aromatic heterocycles. The number of fused-ring (bicyclic) bond motifs is 11. The smallest absolute Gasteiger partial charge is 0.0468 e. The molecule has 0 fully saturated rings. The van der Waals surface area contributed by atoms with Crippen molar-refractivity contribution >= 4 is 27.8 Å². The fraction of sp³-hybridized carbons (Fsp3) is 0.184. The van der Waals surface area contributed by atoms with Gasteiger partial charge in [0.1, 0.15) is 0 Å². The van der Waals surface area contributed by atoms with Gasteiger partial charge in [0.05, 0.1) is 0 Å². The molecule has 0 saturated carbocycles. The molecule has 0 unspecified atom stereocenters. The maximum Gasteiger partial charge on any atom is 0.0468 e. The lowest BCUT2D eigenvalue weighted by molar-refractivity contribution is 0.660. The van der Waals surface area contributed by atoms with Gasteiger partial charge < -0.3 is 4.90 Å². The molecule has 0 radical (unpaired) electrons. The molecule has 0 saturated heterocycles. The van der Waals surface area contributed by atoms with Crippen molar-refractivity contribution in [3.8, 4) is 33.4 Å². The fourth-order valence-corrected chi connectivity index (χ4v) is 9.86. The third kappa shape index (κ3) is 3.78. The van der Waals surface area contributed by atoms with Crippen LogP contribution in [0.5, 0.6) is 0 Å². The molecule has 242 valence electrons. The van der Waals surface area contributed by atoms with Crippen LogP contribution in [0, 0.1) is 0 Å². The molecule has 7 aromatic carbocycles. The van der Waals surface area contributed by atoms with E-state index < -0.39 is 0 Å². The normalized spacial score (nSPS) is 16.3. The predicted octanol–water partition coefficient (Wildman–Crippen LogP) is 13.2. The average molecular weight is 644 g/mol. The van der Waals surface area contributed by atoms with Crippen molar-refractivity contribution in [1.82, 2.24) is 0 Å². The van der Waals surface area contributed by atoms with E-state index in [0.717, 1.165) is 0 Å². The predicted molar refractivity (Wildman–Crippen MR) is 211 cm³/mol. The largest absolute Gasteiger partial charge is 0.310 e. The minimum atomic E-state index is -0.0836. The Morgan fingerprint density at radius 2 is 0.740 bits per heavy atom. The van der Waals surface area contributed by atoms with Crippen molar-refractivity contribution in [3.05, 3.63) is 173 Å². The first kappa shape index (κ1) is 29.5. The summed E-state index contributed by atoms with van der Waals surface area (Å²) in [6.45, 7) is 14.3. The van der Waals surface area contributed by atoms with Crippen LogP contribution < -0.4 is 4.90 Å². The highest BCUT2D eigenvalue weighted by atomic mass is 15.1. The third-order valence-electron chi connectivity index (χ3n) is 12.4. The Hall–Kier alpha value is -5.40. The van der Waals surface area contributed by atoms with Crippen molar-refractivity contribution in [2.24, 2.45) is 0 Å². The molecule has 0 N–H and O–H groups in total. The SMILES string of the molecule is CC1(C)c2ccccc2-c2ccc(N(c3ccc4c(c3)C(C)(C)c3ccccc3-4)c3ccc4c5c(ccc4c3)-c3ccccc3C5(C)C)cc21. The molecule has 0 spiro atoms. The van der Waals surface area contributed by atoms with Gasteiger partial charge in [0.15, 0.2) is 0 Å². The molecular weight excluding hydrogens is 603 g/mol. The number of anilines is 3. The number of hydrogen-bond acceptors (Lipinski definition) is 1. The van der Waals surface area contributed by atoms with Gasteiger partial charge in [-0.3, -0.25) is 0 Å². The molecular formula is C49H41N. The van der Waals surface area contributed by atoms with Gasteiger partial charge in [0.25, 0.3) is 0 Å². The van der Waals surface area contributed by atoms with E-state index in [2.05, 4.69) is 186 Å². The number of rotatable bonds is 3. The van der Waals surface area contributed by atoms with E-state index in [9.17, 15) is 0 Å². The number of nitrogens with zero attached hydrogens (tertiary/aromatic N) is 1. The van der Waals surface area contributed by atoms with Crippen LogP contribution in [0.3, 0.4) is 0 Å². The molecule has 7 aromatic rings. The lowest BCUT2D eigenvalue weighted by Crippen LogP contribution is -2.18. The minimum Gasteiger partial charge on any atom is -0.310 e. The molecule has 1 nitrogen and oxygen atoms in total. The van der Waals surface area contributed by atoms with E-state index in [1.807, 2.05) is 0 Å². The summed E-state index contributed by atoms with van der Waals surface area (Å²) in [5.41, 5.74) is 19.9. The van der Waals surface area contributed by atoms with Gasteiger partial charge in [-0.1, -0.05) is 145 Å². The third-order valence-corrected chi connectivity index (χ3v) is 12.4. The highest BCUT2D eigenvalue weighted by Gasteiger charge is 2.39. The Morgan fingerprint density at radius 1 is 0.340 bits per heavy atom. The van der Waals surface area contributed by atoms with Crippen LogP contribution in [0.25, 0.3) is 44.2 Å². The van der Waals surface area contributed by atoms with E-state index in [1.165, 1.54) is 94.6 Å². The molecule has 0 amide bonds. The van der Waals surface area contributed by atoms with Crippen LogP contribution in [0.2, 0.25) is 0 Å². The van der Waals surface area contributed by atoms with E-state index in [1.54, 1.807) is 0 Å². The summed E-state index contributed by atoms with van der Waals surface area (Å²) >= 11 is 0. The van der Waals surface area contributed by atoms with Crippen LogP contribution in [0.15, 0.2) is 140 Å². The van der Waals surface area contributed by atoms with Crippen LogP contribution in [0.4, 0.5) is 17.1 Å². The van der Waals surface area contributed by atoms with Gasteiger partial charge in [-0.25, -0.2) is 0 Å². The Balaban J connectivity index is 1.18. The lowest BCUT2D eigenvalue weighted by Gasteiger charge is -2.30. The Labute approximate surface area is 295 Å². The summed E-state index contributed by atoms with van der Waals surface area (Å²) in [7, 11) is 0. The molecule has 0 bridgehead atoms. The zero-order valence-electron chi connectivity index (χ0n) is 29.7. The summed E-state index contributed by atoms with van der Waals surface area (Å²) in [4.78, 5) is 2.49. The van der Waals surface area contributed by atoms with Crippen LogP contribution in [-0.4, -0.2) is 0 Å². The number of hydrogen-bond donors (Lipinski definition) is 0. The van der Waals surface area contributed by atoms with Crippen LogP contribution >= 0.6 is 0 Å². The summed E-state index contributed by atoms with van der Waals surface area (Å²) in [6, 6.07) is 52.9. The molecule has 0 heterocycles. The summed E-state index contributed by atoms with van der Waals surface area (Å²) < 4.78 is 0.